The Hall–Kier alpha value is -1.71. The molecule has 0 fully saturated rings. The maximum Gasteiger partial charge on any atom is 0.109 e. The van der Waals surface area contributed by atoms with E-state index in [2.05, 4.69) is 59.7 Å². The predicted octanol–water partition coefficient (Wildman–Crippen LogP) is 4.15. The number of rotatable bonds is 4. The summed E-state index contributed by atoms with van der Waals surface area (Å²) in [6.45, 7) is 3.02. The molecule has 1 heterocycles. The molecule has 3 rings (SSSR count). The van der Waals surface area contributed by atoms with E-state index >= 15 is 0 Å². The summed E-state index contributed by atoms with van der Waals surface area (Å²) >= 11 is 1.70. The van der Waals surface area contributed by atoms with Gasteiger partial charge < -0.3 is 5.32 Å². The van der Waals surface area contributed by atoms with Gasteiger partial charge >= 0.3 is 0 Å². The molecule has 96 valence electrons. The van der Waals surface area contributed by atoms with Crippen LogP contribution in [0.15, 0.2) is 54.0 Å². The van der Waals surface area contributed by atoms with Crippen molar-refractivity contribution in [1.29, 1.82) is 0 Å². The lowest BCUT2D eigenvalue weighted by Gasteiger charge is -2.12. The van der Waals surface area contributed by atoms with Crippen molar-refractivity contribution in [1.82, 2.24) is 10.3 Å². The molecule has 2 aromatic carbocycles. The molecule has 1 unspecified atom stereocenters. The van der Waals surface area contributed by atoms with Crippen molar-refractivity contribution in [3.8, 4) is 0 Å². The van der Waals surface area contributed by atoms with Crippen molar-refractivity contribution in [2.75, 3.05) is 0 Å². The van der Waals surface area contributed by atoms with Crippen LogP contribution in [0.25, 0.3) is 10.8 Å². The zero-order chi connectivity index (χ0) is 13.1. The highest BCUT2D eigenvalue weighted by Crippen LogP contribution is 2.20. The van der Waals surface area contributed by atoms with Crippen molar-refractivity contribution < 1.29 is 0 Å². The highest BCUT2D eigenvalue weighted by molar-refractivity contribution is 7.09. The number of hydrogen-bond donors (Lipinski definition) is 1. The lowest BCUT2D eigenvalue weighted by molar-refractivity contribution is 0.573. The third-order valence-electron chi connectivity index (χ3n) is 3.30. The Balaban J connectivity index is 1.79. The summed E-state index contributed by atoms with van der Waals surface area (Å²) in [7, 11) is 0. The molecule has 1 atom stereocenters. The van der Waals surface area contributed by atoms with E-state index in [1.807, 2.05) is 11.6 Å². The third-order valence-corrected chi connectivity index (χ3v) is 4.26. The fourth-order valence-corrected chi connectivity index (χ4v) is 2.92. The molecule has 0 amide bonds. The van der Waals surface area contributed by atoms with E-state index < -0.39 is 0 Å². The van der Waals surface area contributed by atoms with Crippen molar-refractivity contribution >= 4 is 22.1 Å². The molecular weight excluding hydrogens is 252 g/mol. The summed E-state index contributed by atoms with van der Waals surface area (Å²) in [6, 6.07) is 15.3. The summed E-state index contributed by atoms with van der Waals surface area (Å²) in [6.07, 6.45) is 1.86. The Morgan fingerprint density at radius 2 is 2.00 bits per heavy atom. The van der Waals surface area contributed by atoms with E-state index in [4.69, 9.17) is 0 Å². The van der Waals surface area contributed by atoms with E-state index in [0.717, 1.165) is 11.6 Å². The van der Waals surface area contributed by atoms with Crippen LogP contribution in [0.1, 0.15) is 23.5 Å². The maximum absolute atomic E-state index is 4.35. The van der Waals surface area contributed by atoms with Crippen molar-refractivity contribution in [2.45, 2.75) is 19.5 Å². The van der Waals surface area contributed by atoms with Crippen LogP contribution < -0.4 is 5.32 Å². The van der Waals surface area contributed by atoms with Gasteiger partial charge in [-0.05, 0) is 23.3 Å². The maximum atomic E-state index is 4.35. The Morgan fingerprint density at radius 1 is 1.16 bits per heavy atom. The average molecular weight is 268 g/mol. The third kappa shape index (κ3) is 2.67. The topological polar surface area (TPSA) is 24.9 Å². The first kappa shape index (κ1) is 12.3. The second-order valence-electron chi connectivity index (χ2n) is 4.61. The summed E-state index contributed by atoms with van der Waals surface area (Å²) in [5, 5.41) is 9.32. The van der Waals surface area contributed by atoms with Crippen LogP contribution >= 0.6 is 11.3 Å². The second kappa shape index (κ2) is 5.51. The Labute approximate surface area is 117 Å². The SMILES string of the molecule is CC(NCc1cccc2ccccc12)c1nccs1. The Morgan fingerprint density at radius 3 is 2.84 bits per heavy atom. The number of thiazole rings is 1. The summed E-state index contributed by atoms with van der Waals surface area (Å²) in [5.41, 5.74) is 1.33. The molecule has 19 heavy (non-hydrogen) atoms. The lowest BCUT2D eigenvalue weighted by Crippen LogP contribution is -2.18. The van der Waals surface area contributed by atoms with Gasteiger partial charge in [-0.3, -0.25) is 0 Å². The average Bonchev–Trinajstić information content (AvgIpc) is 2.99. The van der Waals surface area contributed by atoms with Gasteiger partial charge in [0.15, 0.2) is 0 Å². The number of benzene rings is 2. The van der Waals surface area contributed by atoms with Crippen LogP contribution in [0.2, 0.25) is 0 Å². The molecule has 2 nitrogen and oxygen atoms in total. The minimum atomic E-state index is 0.291. The molecule has 0 spiro atoms. The summed E-state index contributed by atoms with van der Waals surface area (Å²) < 4.78 is 0. The van der Waals surface area contributed by atoms with Gasteiger partial charge in [0.1, 0.15) is 5.01 Å². The van der Waals surface area contributed by atoms with E-state index in [1.165, 1.54) is 16.3 Å². The molecule has 0 aliphatic carbocycles. The van der Waals surface area contributed by atoms with Crippen molar-refractivity contribution in [3.63, 3.8) is 0 Å². The molecular formula is C16H16N2S. The quantitative estimate of drug-likeness (QED) is 0.769. The first-order chi connectivity index (χ1) is 9.34. The van der Waals surface area contributed by atoms with Crippen LogP contribution in [-0.4, -0.2) is 4.98 Å². The van der Waals surface area contributed by atoms with Gasteiger partial charge in [0, 0.05) is 18.1 Å². The molecule has 0 bridgehead atoms. The van der Waals surface area contributed by atoms with Gasteiger partial charge in [-0.2, -0.15) is 0 Å². The van der Waals surface area contributed by atoms with Crippen LogP contribution in [-0.2, 0) is 6.54 Å². The van der Waals surface area contributed by atoms with Gasteiger partial charge in [0.25, 0.3) is 0 Å². The van der Waals surface area contributed by atoms with E-state index in [-0.39, 0.29) is 0 Å². The monoisotopic (exact) mass is 268 g/mol. The molecule has 0 saturated carbocycles. The first-order valence-electron chi connectivity index (χ1n) is 6.44. The molecule has 3 aromatic rings. The fraction of sp³-hybridized carbons (Fsp3) is 0.188. The minimum absolute atomic E-state index is 0.291. The molecule has 0 aliphatic heterocycles. The molecule has 0 aliphatic rings. The van der Waals surface area contributed by atoms with Gasteiger partial charge in [-0.15, -0.1) is 11.3 Å². The number of fused-ring (bicyclic) bond motifs is 1. The standard InChI is InChI=1S/C16H16N2S/c1-12(16-17-9-10-19-16)18-11-14-7-4-6-13-5-2-3-8-15(13)14/h2-10,12,18H,11H2,1H3. The van der Waals surface area contributed by atoms with E-state index in [1.54, 1.807) is 11.3 Å². The van der Waals surface area contributed by atoms with Crippen LogP contribution in [0.4, 0.5) is 0 Å². The summed E-state index contributed by atoms with van der Waals surface area (Å²) in [5.74, 6) is 0. The fourth-order valence-electron chi connectivity index (χ4n) is 2.25. The first-order valence-corrected chi connectivity index (χ1v) is 7.32. The lowest BCUT2D eigenvalue weighted by atomic mass is 10.0. The molecule has 3 heteroatoms. The number of nitrogens with zero attached hydrogens (tertiary/aromatic N) is 1. The highest BCUT2D eigenvalue weighted by atomic mass is 32.1. The van der Waals surface area contributed by atoms with Gasteiger partial charge in [-0.1, -0.05) is 42.5 Å². The molecule has 0 saturated heterocycles. The smallest absolute Gasteiger partial charge is 0.109 e. The molecule has 1 aromatic heterocycles. The Kier molecular flexibility index (Phi) is 3.58. The highest BCUT2D eigenvalue weighted by Gasteiger charge is 2.08. The number of aromatic nitrogens is 1. The largest absolute Gasteiger partial charge is 0.304 e. The van der Waals surface area contributed by atoms with E-state index in [9.17, 15) is 0 Å². The second-order valence-corrected chi connectivity index (χ2v) is 5.54. The number of hydrogen-bond acceptors (Lipinski definition) is 3. The number of nitrogens with one attached hydrogen (secondary N) is 1. The minimum Gasteiger partial charge on any atom is -0.304 e. The zero-order valence-corrected chi connectivity index (χ0v) is 11.7. The van der Waals surface area contributed by atoms with E-state index in [0.29, 0.717) is 6.04 Å². The van der Waals surface area contributed by atoms with Crippen LogP contribution in [0, 0.1) is 0 Å². The molecule has 1 N–H and O–H groups in total. The normalized spacial score (nSPS) is 12.7. The van der Waals surface area contributed by atoms with Gasteiger partial charge in [0.2, 0.25) is 0 Å². The van der Waals surface area contributed by atoms with Gasteiger partial charge in [-0.25, -0.2) is 4.98 Å². The van der Waals surface area contributed by atoms with Crippen LogP contribution in [0.5, 0.6) is 0 Å². The summed E-state index contributed by atoms with van der Waals surface area (Å²) in [4.78, 5) is 4.35. The van der Waals surface area contributed by atoms with Crippen LogP contribution in [0.3, 0.4) is 0 Å². The zero-order valence-electron chi connectivity index (χ0n) is 10.8. The molecule has 0 radical (unpaired) electrons. The van der Waals surface area contributed by atoms with Gasteiger partial charge in [0.05, 0.1) is 6.04 Å². The van der Waals surface area contributed by atoms with Crippen molar-refractivity contribution in [3.05, 3.63) is 64.6 Å². The van der Waals surface area contributed by atoms with Crippen molar-refractivity contribution in [2.24, 2.45) is 0 Å². The predicted molar refractivity (Wildman–Crippen MR) is 81.3 cm³/mol. The Bertz CT molecular complexity index is 656.